The molecular weight excluding hydrogens is 178 g/mol. The summed E-state index contributed by atoms with van der Waals surface area (Å²) in [5.41, 5.74) is 0.334. The van der Waals surface area contributed by atoms with Crippen molar-refractivity contribution in [2.24, 2.45) is 5.41 Å². The highest BCUT2D eigenvalue weighted by Crippen LogP contribution is 2.10. The van der Waals surface area contributed by atoms with Gasteiger partial charge in [-0.15, -0.1) is 0 Å². The van der Waals surface area contributed by atoms with E-state index in [1.54, 1.807) is 0 Å². The topological polar surface area (TPSA) is 49.3 Å². The minimum absolute atomic E-state index is 0.305. The van der Waals surface area contributed by atoms with Crippen molar-refractivity contribution in [3.05, 3.63) is 0 Å². The Morgan fingerprint density at radius 3 is 2.36 bits per heavy atom. The van der Waals surface area contributed by atoms with Crippen LogP contribution in [0.2, 0.25) is 0 Å². The zero-order valence-corrected chi connectivity index (χ0v) is 9.60. The molecule has 0 unspecified atom stereocenters. The summed E-state index contributed by atoms with van der Waals surface area (Å²) in [5.74, 6) is -0.687. The van der Waals surface area contributed by atoms with Crippen LogP contribution < -0.4 is 5.32 Å². The monoisotopic (exact) mass is 201 g/mol. The number of hydrogen-bond acceptors (Lipinski definition) is 2. The number of rotatable bonds is 7. The molecule has 0 heterocycles. The molecule has 14 heavy (non-hydrogen) atoms. The van der Waals surface area contributed by atoms with Crippen molar-refractivity contribution in [1.82, 2.24) is 5.32 Å². The fourth-order valence-electron chi connectivity index (χ4n) is 1.17. The summed E-state index contributed by atoms with van der Waals surface area (Å²) in [6.07, 6.45) is 3.18. The van der Waals surface area contributed by atoms with Gasteiger partial charge in [-0.25, -0.2) is 0 Å². The molecule has 0 radical (unpaired) electrons. The second-order valence-electron chi connectivity index (χ2n) is 4.94. The summed E-state index contributed by atoms with van der Waals surface area (Å²) in [5, 5.41) is 11.8. The van der Waals surface area contributed by atoms with Gasteiger partial charge in [-0.05, 0) is 31.3 Å². The molecule has 0 aliphatic heterocycles. The van der Waals surface area contributed by atoms with Crippen LogP contribution in [0.3, 0.4) is 0 Å². The molecule has 0 aromatic rings. The predicted molar refractivity (Wildman–Crippen MR) is 58.4 cm³/mol. The van der Waals surface area contributed by atoms with Crippen LogP contribution in [-0.4, -0.2) is 24.2 Å². The van der Waals surface area contributed by atoms with Crippen molar-refractivity contribution in [2.75, 3.05) is 13.1 Å². The molecule has 0 saturated heterocycles. The van der Waals surface area contributed by atoms with E-state index < -0.39 is 5.97 Å². The van der Waals surface area contributed by atoms with Crippen LogP contribution in [0, 0.1) is 5.41 Å². The van der Waals surface area contributed by atoms with E-state index in [4.69, 9.17) is 5.11 Å². The maximum Gasteiger partial charge on any atom is 0.303 e. The molecule has 0 saturated carbocycles. The van der Waals surface area contributed by atoms with Gasteiger partial charge in [0.1, 0.15) is 0 Å². The minimum atomic E-state index is -0.687. The number of carboxylic acid groups (broad SMARTS) is 1. The highest BCUT2D eigenvalue weighted by atomic mass is 16.4. The maximum atomic E-state index is 10.2. The van der Waals surface area contributed by atoms with Gasteiger partial charge >= 0.3 is 5.97 Å². The quantitative estimate of drug-likeness (QED) is 0.621. The number of hydrogen-bond donors (Lipinski definition) is 2. The summed E-state index contributed by atoms with van der Waals surface area (Å²) in [4.78, 5) is 10.2. The molecule has 3 heteroatoms. The lowest BCUT2D eigenvalue weighted by Gasteiger charge is -2.18. The van der Waals surface area contributed by atoms with E-state index in [9.17, 15) is 4.79 Å². The van der Waals surface area contributed by atoms with Crippen molar-refractivity contribution in [3.63, 3.8) is 0 Å². The summed E-state index contributed by atoms with van der Waals surface area (Å²) >= 11 is 0. The van der Waals surface area contributed by atoms with Crippen LogP contribution in [0.25, 0.3) is 0 Å². The van der Waals surface area contributed by atoms with Crippen LogP contribution >= 0.6 is 0 Å². The molecule has 0 aromatic heterocycles. The van der Waals surface area contributed by atoms with E-state index in [0.29, 0.717) is 11.8 Å². The van der Waals surface area contributed by atoms with E-state index in [0.717, 1.165) is 32.4 Å². The Labute approximate surface area is 86.9 Å². The Morgan fingerprint density at radius 1 is 1.21 bits per heavy atom. The van der Waals surface area contributed by atoms with Gasteiger partial charge in [0.2, 0.25) is 0 Å². The fourth-order valence-corrected chi connectivity index (χ4v) is 1.17. The SMILES string of the molecule is CC(C)(C)CNCCCCCC(=O)O. The lowest BCUT2D eigenvalue weighted by molar-refractivity contribution is -0.137. The van der Waals surface area contributed by atoms with Crippen molar-refractivity contribution in [3.8, 4) is 0 Å². The van der Waals surface area contributed by atoms with Gasteiger partial charge in [0.25, 0.3) is 0 Å². The number of carboxylic acids is 1. The zero-order valence-electron chi connectivity index (χ0n) is 9.60. The van der Waals surface area contributed by atoms with E-state index in [-0.39, 0.29) is 0 Å². The maximum absolute atomic E-state index is 10.2. The molecule has 0 amide bonds. The Balaban J connectivity index is 3.11. The van der Waals surface area contributed by atoms with Crippen LogP contribution in [0.1, 0.15) is 46.5 Å². The van der Waals surface area contributed by atoms with Crippen molar-refractivity contribution < 1.29 is 9.90 Å². The standard InChI is InChI=1S/C11H23NO2/c1-11(2,3)9-12-8-6-4-5-7-10(13)14/h12H,4-9H2,1-3H3,(H,13,14). The minimum Gasteiger partial charge on any atom is -0.481 e. The first-order chi connectivity index (χ1) is 6.42. The lowest BCUT2D eigenvalue weighted by Crippen LogP contribution is -2.27. The third kappa shape index (κ3) is 11.4. The third-order valence-electron chi connectivity index (χ3n) is 1.90. The molecule has 0 aromatic carbocycles. The molecule has 0 bridgehead atoms. The van der Waals surface area contributed by atoms with Gasteiger partial charge in [0, 0.05) is 6.42 Å². The summed E-state index contributed by atoms with van der Waals surface area (Å²) in [6, 6.07) is 0. The van der Waals surface area contributed by atoms with Gasteiger partial charge < -0.3 is 10.4 Å². The number of nitrogens with one attached hydrogen (secondary N) is 1. The van der Waals surface area contributed by atoms with Crippen LogP contribution in [0.5, 0.6) is 0 Å². The predicted octanol–water partition coefficient (Wildman–Crippen LogP) is 2.27. The number of aliphatic carboxylic acids is 1. The Hall–Kier alpha value is -0.570. The molecule has 0 fully saturated rings. The molecule has 0 rings (SSSR count). The Bertz CT molecular complexity index is 161. The Kier molecular flexibility index (Phi) is 6.54. The van der Waals surface area contributed by atoms with E-state index >= 15 is 0 Å². The third-order valence-corrected chi connectivity index (χ3v) is 1.90. The zero-order chi connectivity index (χ0) is 11.0. The van der Waals surface area contributed by atoms with Crippen molar-refractivity contribution in [1.29, 1.82) is 0 Å². The average molecular weight is 201 g/mol. The largest absolute Gasteiger partial charge is 0.481 e. The van der Waals surface area contributed by atoms with Crippen LogP contribution in [0.15, 0.2) is 0 Å². The van der Waals surface area contributed by atoms with Crippen molar-refractivity contribution >= 4 is 5.97 Å². The van der Waals surface area contributed by atoms with E-state index in [1.807, 2.05) is 0 Å². The van der Waals surface area contributed by atoms with Gasteiger partial charge in [0.05, 0.1) is 0 Å². The first-order valence-electron chi connectivity index (χ1n) is 5.34. The smallest absolute Gasteiger partial charge is 0.303 e. The summed E-state index contributed by atoms with van der Waals surface area (Å²) < 4.78 is 0. The molecule has 0 aliphatic rings. The highest BCUT2D eigenvalue weighted by Gasteiger charge is 2.08. The molecule has 84 valence electrons. The average Bonchev–Trinajstić information content (AvgIpc) is 2.00. The summed E-state index contributed by atoms with van der Waals surface area (Å²) in [6.45, 7) is 8.61. The molecule has 0 aliphatic carbocycles. The summed E-state index contributed by atoms with van der Waals surface area (Å²) in [7, 11) is 0. The van der Waals surface area contributed by atoms with Gasteiger partial charge in [-0.2, -0.15) is 0 Å². The van der Waals surface area contributed by atoms with Gasteiger partial charge in [0.15, 0.2) is 0 Å². The molecule has 0 atom stereocenters. The molecule has 2 N–H and O–H groups in total. The second-order valence-corrected chi connectivity index (χ2v) is 4.94. The van der Waals surface area contributed by atoms with E-state index in [1.165, 1.54) is 0 Å². The fraction of sp³-hybridized carbons (Fsp3) is 0.909. The first-order valence-corrected chi connectivity index (χ1v) is 5.34. The van der Waals surface area contributed by atoms with E-state index in [2.05, 4.69) is 26.1 Å². The normalized spacial score (nSPS) is 11.6. The molecular formula is C11H23NO2. The van der Waals surface area contributed by atoms with Crippen molar-refractivity contribution in [2.45, 2.75) is 46.5 Å². The number of carbonyl (C=O) groups is 1. The second kappa shape index (κ2) is 6.82. The lowest BCUT2D eigenvalue weighted by atomic mass is 9.97. The van der Waals surface area contributed by atoms with Gasteiger partial charge in [-0.3, -0.25) is 4.79 Å². The van der Waals surface area contributed by atoms with Crippen LogP contribution in [-0.2, 0) is 4.79 Å². The number of unbranched alkanes of at least 4 members (excludes halogenated alkanes) is 2. The molecule has 3 nitrogen and oxygen atoms in total. The highest BCUT2D eigenvalue weighted by molar-refractivity contribution is 5.66. The van der Waals surface area contributed by atoms with Gasteiger partial charge in [-0.1, -0.05) is 27.2 Å². The van der Waals surface area contributed by atoms with Crippen LogP contribution in [0.4, 0.5) is 0 Å². The molecule has 0 spiro atoms. The Morgan fingerprint density at radius 2 is 1.86 bits per heavy atom. The first kappa shape index (κ1) is 13.4.